The minimum absolute atomic E-state index is 0.0554. The van der Waals surface area contributed by atoms with E-state index in [1.54, 1.807) is 6.07 Å². The molecular formula is C28H35NSi. The molecule has 2 aromatic carbocycles. The number of fused-ring (bicyclic) bond motifs is 1. The molecule has 2 heteroatoms. The van der Waals surface area contributed by atoms with Gasteiger partial charge in [0.25, 0.3) is 0 Å². The molecule has 0 radical (unpaired) electrons. The van der Waals surface area contributed by atoms with Gasteiger partial charge in [0, 0.05) is 15.9 Å². The Morgan fingerprint density at radius 2 is 1.53 bits per heavy atom. The van der Waals surface area contributed by atoms with E-state index >= 15 is 0 Å². The number of hydrogen-bond donors (Lipinski definition) is 0. The quantitative estimate of drug-likeness (QED) is 0.410. The fourth-order valence-electron chi connectivity index (χ4n) is 5.15. The normalized spacial score (nSPS) is 19.0. The molecule has 0 unspecified atom stereocenters. The Hall–Kier alpha value is -2.19. The topological polar surface area (TPSA) is 12.9 Å². The largest absolute Gasteiger partial charge is 0.256 e. The van der Waals surface area contributed by atoms with Gasteiger partial charge in [-0.2, -0.15) is 0 Å². The van der Waals surface area contributed by atoms with E-state index in [9.17, 15) is 0 Å². The monoisotopic (exact) mass is 416 g/mol. The van der Waals surface area contributed by atoms with Crippen LogP contribution in [0, 0.1) is 6.85 Å². The standard InChI is InChI=1S/C28H35NSi/c1-19-9-10-21(26-17-22(13-14-29-26)30(6,7)8)15-23(19)20-11-12-24-25(16-20)28(4,5)18-27(24,2)3/h9-17H,18H2,1-8H3/i1D3. The molecule has 0 amide bonds. The van der Waals surface area contributed by atoms with Gasteiger partial charge in [-0.25, -0.2) is 0 Å². The first-order valence-electron chi connectivity index (χ1n) is 12.4. The highest BCUT2D eigenvalue weighted by molar-refractivity contribution is 6.88. The van der Waals surface area contributed by atoms with E-state index in [0.29, 0.717) is 5.56 Å². The van der Waals surface area contributed by atoms with Crippen LogP contribution < -0.4 is 5.19 Å². The number of pyridine rings is 1. The Morgan fingerprint density at radius 1 is 0.833 bits per heavy atom. The van der Waals surface area contributed by atoms with Crippen molar-refractivity contribution >= 4 is 13.3 Å². The number of aryl methyl sites for hydroxylation is 1. The average Bonchev–Trinajstić information content (AvgIpc) is 2.90. The summed E-state index contributed by atoms with van der Waals surface area (Å²) in [7, 11) is -1.49. The van der Waals surface area contributed by atoms with Gasteiger partial charge in [0.15, 0.2) is 0 Å². The highest BCUT2D eigenvalue weighted by Gasteiger charge is 2.41. The van der Waals surface area contributed by atoms with Crippen molar-refractivity contribution in [3.63, 3.8) is 0 Å². The van der Waals surface area contributed by atoms with Crippen LogP contribution in [0.1, 0.15) is 54.9 Å². The number of aromatic nitrogens is 1. The highest BCUT2D eigenvalue weighted by atomic mass is 28.3. The van der Waals surface area contributed by atoms with Crippen LogP contribution in [0.2, 0.25) is 19.6 Å². The molecule has 1 aromatic heterocycles. The Kier molecular flexibility index (Phi) is 4.03. The van der Waals surface area contributed by atoms with Crippen LogP contribution in [-0.4, -0.2) is 13.1 Å². The minimum Gasteiger partial charge on any atom is -0.256 e. The number of rotatable bonds is 3. The SMILES string of the molecule is [2H]C([2H])([2H])c1ccc(-c2cc([Si](C)(C)C)ccn2)cc1-c1ccc2c(c1)C(C)(C)CC2(C)C. The van der Waals surface area contributed by atoms with E-state index in [0.717, 1.165) is 28.8 Å². The molecule has 30 heavy (non-hydrogen) atoms. The smallest absolute Gasteiger partial charge is 0.0777 e. The van der Waals surface area contributed by atoms with E-state index in [4.69, 9.17) is 4.11 Å². The lowest BCUT2D eigenvalue weighted by atomic mass is 9.82. The summed E-state index contributed by atoms with van der Waals surface area (Å²) < 4.78 is 24.5. The Bertz CT molecular complexity index is 1220. The Labute approximate surface area is 187 Å². The molecule has 0 atom stereocenters. The third-order valence-electron chi connectivity index (χ3n) is 6.61. The third-order valence-corrected chi connectivity index (χ3v) is 8.66. The van der Waals surface area contributed by atoms with Crippen molar-refractivity contribution < 1.29 is 4.11 Å². The van der Waals surface area contributed by atoms with Gasteiger partial charge in [-0.15, -0.1) is 0 Å². The highest BCUT2D eigenvalue weighted by Crippen LogP contribution is 2.50. The van der Waals surface area contributed by atoms with Crippen LogP contribution in [0.25, 0.3) is 22.4 Å². The van der Waals surface area contributed by atoms with E-state index in [1.165, 1.54) is 16.3 Å². The van der Waals surface area contributed by atoms with Crippen molar-refractivity contribution in [2.75, 3.05) is 0 Å². The van der Waals surface area contributed by atoms with Gasteiger partial charge in [0.2, 0.25) is 0 Å². The van der Waals surface area contributed by atoms with E-state index in [-0.39, 0.29) is 10.8 Å². The summed E-state index contributed by atoms with van der Waals surface area (Å²) in [5, 5.41) is 1.34. The molecule has 0 fully saturated rings. The molecule has 1 nitrogen and oxygen atoms in total. The number of nitrogens with zero attached hydrogens (tertiary/aromatic N) is 1. The van der Waals surface area contributed by atoms with Crippen molar-refractivity contribution in [1.82, 2.24) is 4.98 Å². The maximum atomic E-state index is 8.17. The average molecular weight is 417 g/mol. The summed E-state index contributed by atoms with van der Waals surface area (Å²) in [6, 6.07) is 16.5. The molecule has 0 bridgehead atoms. The van der Waals surface area contributed by atoms with Gasteiger partial charge in [-0.1, -0.05) is 82.9 Å². The lowest BCUT2D eigenvalue weighted by molar-refractivity contribution is 0.403. The molecule has 0 saturated carbocycles. The molecule has 4 rings (SSSR count). The third kappa shape index (κ3) is 3.67. The fraction of sp³-hybridized carbons (Fsp3) is 0.393. The zero-order chi connectivity index (χ0) is 24.4. The Morgan fingerprint density at radius 3 is 2.23 bits per heavy atom. The van der Waals surface area contributed by atoms with Gasteiger partial charge < -0.3 is 0 Å². The number of benzene rings is 2. The van der Waals surface area contributed by atoms with Gasteiger partial charge in [0.1, 0.15) is 0 Å². The van der Waals surface area contributed by atoms with Crippen molar-refractivity contribution in [1.29, 1.82) is 0 Å². The molecule has 156 valence electrons. The first-order chi connectivity index (χ1) is 15.1. The second-order valence-electron chi connectivity index (χ2n) is 11.1. The maximum absolute atomic E-state index is 8.17. The minimum atomic E-state index is -2.19. The molecule has 0 aliphatic heterocycles. The lowest BCUT2D eigenvalue weighted by Crippen LogP contribution is -2.37. The van der Waals surface area contributed by atoms with Crippen molar-refractivity contribution in [3.8, 4) is 22.4 Å². The first kappa shape index (κ1) is 17.5. The second kappa shape index (κ2) is 6.92. The van der Waals surface area contributed by atoms with Crippen LogP contribution >= 0.6 is 0 Å². The lowest BCUT2D eigenvalue weighted by Gasteiger charge is -2.22. The molecule has 0 saturated heterocycles. The van der Waals surface area contributed by atoms with Gasteiger partial charge in [-0.05, 0) is 70.1 Å². The van der Waals surface area contributed by atoms with Crippen molar-refractivity contribution in [3.05, 3.63) is 71.4 Å². The predicted octanol–water partition coefficient (Wildman–Crippen LogP) is 7.23. The van der Waals surface area contributed by atoms with Gasteiger partial charge in [-0.3, -0.25) is 4.98 Å². The summed E-state index contributed by atoms with van der Waals surface area (Å²) in [5.41, 5.74) is 6.85. The summed E-state index contributed by atoms with van der Waals surface area (Å²) in [6.07, 6.45) is 2.96. The summed E-state index contributed by atoms with van der Waals surface area (Å²) >= 11 is 0. The van der Waals surface area contributed by atoms with E-state index in [2.05, 4.69) is 82.7 Å². The number of hydrogen-bond acceptors (Lipinski definition) is 1. The van der Waals surface area contributed by atoms with Gasteiger partial charge in [0.05, 0.1) is 13.8 Å². The zero-order valence-electron chi connectivity index (χ0n) is 22.4. The van der Waals surface area contributed by atoms with Crippen LogP contribution in [0.4, 0.5) is 0 Å². The van der Waals surface area contributed by atoms with E-state index in [1.807, 2.05) is 18.3 Å². The molecule has 0 spiro atoms. The molecule has 0 N–H and O–H groups in total. The van der Waals surface area contributed by atoms with Crippen molar-refractivity contribution in [2.45, 2.75) is 71.4 Å². The fourth-order valence-corrected chi connectivity index (χ4v) is 6.30. The first-order valence-corrected chi connectivity index (χ1v) is 14.4. The second-order valence-corrected chi connectivity index (χ2v) is 16.2. The van der Waals surface area contributed by atoms with Crippen LogP contribution in [-0.2, 0) is 10.8 Å². The van der Waals surface area contributed by atoms with Crippen LogP contribution in [0.15, 0.2) is 54.7 Å². The predicted molar refractivity (Wildman–Crippen MR) is 133 cm³/mol. The van der Waals surface area contributed by atoms with E-state index < -0.39 is 14.9 Å². The molecular weight excluding hydrogens is 378 g/mol. The van der Waals surface area contributed by atoms with Crippen LogP contribution in [0.3, 0.4) is 0 Å². The molecule has 1 aliphatic rings. The van der Waals surface area contributed by atoms with Gasteiger partial charge >= 0.3 is 0 Å². The summed E-state index contributed by atoms with van der Waals surface area (Å²) in [4.78, 5) is 4.63. The molecule has 3 aromatic rings. The zero-order valence-corrected chi connectivity index (χ0v) is 20.4. The van der Waals surface area contributed by atoms with Crippen LogP contribution in [0.5, 0.6) is 0 Å². The summed E-state index contributed by atoms with van der Waals surface area (Å²) in [6.45, 7) is 14.0. The Balaban J connectivity index is 1.91. The maximum Gasteiger partial charge on any atom is 0.0777 e. The van der Waals surface area contributed by atoms with Crippen molar-refractivity contribution in [2.24, 2.45) is 0 Å². The molecule has 1 heterocycles. The molecule has 1 aliphatic carbocycles. The summed E-state index contributed by atoms with van der Waals surface area (Å²) in [5.74, 6) is 0.